The molecular weight excluding hydrogens is 459 g/mol. The number of amides is 2. The summed E-state index contributed by atoms with van der Waals surface area (Å²) in [6, 6.07) is 5.93. The Bertz CT molecular complexity index is 1270. The Morgan fingerprint density at radius 1 is 1.24 bits per heavy atom. The van der Waals surface area contributed by atoms with Gasteiger partial charge in [-0.3, -0.25) is 9.59 Å². The van der Waals surface area contributed by atoms with Crippen LogP contribution in [0.1, 0.15) is 42.5 Å². The molecule has 1 saturated heterocycles. The summed E-state index contributed by atoms with van der Waals surface area (Å²) in [7, 11) is 3.78. The SMILES string of the molecule is CN(C)c1ccn2ncc(C(=O)NC3CCC4(CC3)CCN(c3ccc(F)cc3Cl)C4=O)c2n1. The third-order valence-electron chi connectivity index (χ3n) is 7.05. The van der Waals surface area contributed by atoms with Gasteiger partial charge in [-0.1, -0.05) is 11.6 Å². The lowest BCUT2D eigenvalue weighted by Crippen LogP contribution is -2.44. The predicted octanol–water partition coefficient (Wildman–Crippen LogP) is 3.68. The summed E-state index contributed by atoms with van der Waals surface area (Å²) >= 11 is 6.20. The highest BCUT2D eigenvalue weighted by molar-refractivity contribution is 6.34. The normalized spacial score (nSPS) is 22.5. The molecule has 1 saturated carbocycles. The van der Waals surface area contributed by atoms with Crippen LogP contribution in [-0.4, -0.2) is 53.1 Å². The summed E-state index contributed by atoms with van der Waals surface area (Å²) in [5.41, 5.74) is 1.04. The Morgan fingerprint density at radius 2 is 2.00 bits per heavy atom. The number of nitrogens with one attached hydrogen (secondary N) is 1. The average molecular weight is 485 g/mol. The van der Waals surface area contributed by atoms with Gasteiger partial charge in [-0.25, -0.2) is 13.9 Å². The van der Waals surface area contributed by atoms with Gasteiger partial charge in [0.05, 0.1) is 22.3 Å². The Kier molecular flexibility index (Phi) is 5.67. The monoisotopic (exact) mass is 484 g/mol. The molecule has 1 spiro atoms. The molecule has 2 amide bonds. The van der Waals surface area contributed by atoms with Crippen LogP contribution in [0.5, 0.6) is 0 Å². The first-order chi connectivity index (χ1) is 16.3. The number of fused-ring (bicyclic) bond motifs is 1. The second kappa shape index (κ2) is 8.54. The van der Waals surface area contributed by atoms with E-state index in [0.717, 1.165) is 12.2 Å². The van der Waals surface area contributed by atoms with E-state index in [1.54, 1.807) is 21.7 Å². The number of carbonyl (C=O) groups excluding carboxylic acids is 2. The van der Waals surface area contributed by atoms with Crippen molar-refractivity contribution in [1.29, 1.82) is 0 Å². The first kappa shape index (κ1) is 22.6. The molecule has 0 unspecified atom stereocenters. The summed E-state index contributed by atoms with van der Waals surface area (Å²) in [5.74, 6) is 0.142. The average Bonchev–Trinajstić information content (AvgIpc) is 3.37. The van der Waals surface area contributed by atoms with Crippen molar-refractivity contribution < 1.29 is 14.0 Å². The fourth-order valence-corrected chi connectivity index (χ4v) is 5.33. The van der Waals surface area contributed by atoms with Crippen LogP contribution in [0.3, 0.4) is 0 Å². The van der Waals surface area contributed by atoms with Gasteiger partial charge < -0.3 is 15.1 Å². The molecule has 1 N–H and O–H groups in total. The zero-order chi connectivity index (χ0) is 24.0. The molecule has 10 heteroatoms. The molecular formula is C24H26ClFN6O2. The van der Waals surface area contributed by atoms with Gasteiger partial charge in [0.15, 0.2) is 5.65 Å². The maximum atomic E-state index is 13.4. The van der Waals surface area contributed by atoms with Crippen LogP contribution in [0.25, 0.3) is 5.65 Å². The van der Waals surface area contributed by atoms with Gasteiger partial charge in [-0.05, 0) is 56.4 Å². The molecule has 34 heavy (non-hydrogen) atoms. The van der Waals surface area contributed by atoms with Crippen LogP contribution >= 0.6 is 11.6 Å². The number of benzene rings is 1. The molecule has 0 atom stereocenters. The van der Waals surface area contributed by atoms with E-state index in [9.17, 15) is 14.0 Å². The summed E-state index contributed by atoms with van der Waals surface area (Å²) in [6.07, 6.45) is 6.82. The van der Waals surface area contributed by atoms with Crippen LogP contribution in [0.4, 0.5) is 15.9 Å². The quantitative estimate of drug-likeness (QED) is 0.610. The van der Waals surface area contributed by atoms with Crippen LogP contribution in [0, 0.1) is 11.2 Å². The van der Waals surface area contributed by atoms with E-state index in [2.05, 4.69) is 15.4 Å². The van der Waals surface area contributed by atoms with Crippen molar-refractivity contribution in [3.05, 3.63) is 53.1 Å². The minimum absolute atomic E-state index is 0.0265. The van der Waals surface area contributed by atoms with Crippen molar-refractivity contribution in [2.24, 2.45) is 5.41 Å². The highest BCUT2D eigenvalue weighted by Crippen LogP contribution is 2.47. The Hall–Kier alpha value is -3.20. The van der Waals surface area contributed by atoms with Crippen molar-refractivity contribution in [3.63, 3.8) is 0 Å². The van der Waals surface area contributed by atoms with E-state index in [1.165, 1.54) is 18.3 Å². The number of carbonyl (C=O) groups is 2. The van der Waals surface area contributed by atoms with E-state index >= 15 is 0 Å². The molecule has 178 valence electrons. The number of nitrogens with zero attached hydrogens (tertiary/aromatic N) is 5. The second-order valence-electron chi connectivity index (χ2n) is 9.34. The van der Waals surface area contributed by atoms with Crippen LogP contribution in [-0.2, 0) is 4.79 Å². The third kappa shape index (κ3) is 3.87. The van der Waals surface area contributed by atoms with Crippen molar-refractivity contribution in [3.8, 4) is 0 Å². The smallest absolute Gasteiger partial charge is 0.256 e. The molecule has 3 heterocycles. The molecule has 5 rings (SSSR count). The van der Waals surface area contributed by atoms with Gasteiger partial charge >= 0.3 is 0 Å². The minimum Gasteiger partial charge on any atom is -0.363 e. The number of hydrogen-bond acceptors (Lipinski definition) is 5. The van der Waals surface area contributed by atoms with Gasteiger partial charge in [0.1, 0.15) is 17.2 Å². The molecule has 1 aliphatic carbocycles. The number of anilines is 2. The van der Waals surface area contributed by atoms with Gasteiger partial charge in [0, 0.05) is 32.9 Å². The maximum absolute atomic E-state index is 13.4. The Morgan fingerprint density at radius 3 is 2.71 bits per heavy atom. The first-order valence-corrected chi connectivity index (χ1v) is 11.7. The van der Waals surface area contributed by atoms with E-state index in [-0.39, 0.29) is 22.9 Å². The maximum Gasteiger partial charge on any atom is 0.256 e. The van der Waals surface area contributed by atoms with Crippen molar-refractivity contribution in [1.82, 2.24) is 19.9 Å². The van der Waals surface area contributed by atoms with E-state index in [4.69, 9.17) is 11.6 Å². The lowest BCUT2D eigenvalue weighted by molar-refractivity contribution is -0.127. The molecule has 0 radical (unpaired) electrons. The molecule has 0 bridgehead atoms. The summed E-state index contributed by atoms with van der Waals surface area (Å²) in [6.45, 7) is 0.559. The lowest BCUT2D eigenvalue weighted by Gasteiger charge is -2.36. The highest BCUT2D eigenvalue weighted by atomic mass is 35.5. The van der Waals surface area contributed by atoms with Gasteiger partial charge in [0.25, 0.3) is 5.91 Å². The molecule has 1 aliphatic heterocycles. The van der Waals surface area contributed by atoms with Crippen LogP contribution in [0.2, 0.25) is 5.02 Å². The zero-order valence-electron chi connectivity index (χ0n) is 19.1. The largest absolute Gasteiger partial charge is 0.363 e. The molecule has 1 aromatic carbocycles. The summed E-state index contributed by atoms with van der Waals surface area (Å²) < 4.78 is 15.0. The van der Waals surface area contributed by atoms with Gasteiger partial charge in [-0.2, -0.15) is 5.10 Å². The standard InChI is InChI=1S/C24H26ClFN6O2/c1-30(2)20-7-11-32-21(29-20)17(14-27-32)22(33)28-16-5-8-24(9-6-16)10-12-31(23(24)34)19-4-3-15(26)13-18(19)25/h3-4,7,11,13-14,16H,5-6,8-10,12H2,1-2H3,(H,28,33). The second-order valence-corrected chi connectivity index (χ2v) is 9.74. The van der Waals surface area contributed by atoms with E-state index in [0.29, 0.717) is 49.1 Å². The number of hydrogen-bond donors (Lipinski definition) is 1. The van der Waals surface area contributed by atoms with Crippen molar-refractivity contribution >= 4 is 40.6 Å². The van der Waals surface area contributed by atoms with Crippen molar-refractivity contribution in [2.75, 3.05) is 30.4 Å². The Labute approximate surface area is 201 Å². The summed E-state index contributed by atoms with van der Waals surface area (Å²) in [5, 5.41) is 7.59. The fourth-order valence-electron chi connectivity index (χ4n) is 5.06. The number of rotatable bonds is 4. The summed E-state index contributed by atoms with van der Waals surface area (Å²) in [4.78, 5) is 34.4. The van der Waals surface area contributed by atoms with E-state index < -0.39 is 11.2 Å². The fraction of sp³-hybridized carbons (Fsp3) is 0.417. The lowest BCUT2D eigenvalue weighted by atomic mass is 9.71. The van der Waals surface area contributed by atoms with Crippen molar-refractivity contribution in [2.45, 2.75) is 38.1 Å². The molecule has 2 aromatic heterocycles. The molecule has 8 nitrogen and oxygen atoms in total. The first-order valence-electron chi connectivity index (χ1n) is 11.4. The third-order valence-corrected chi connectivity index (χ3v) is 7.35. The predicted molar refractivity (Wildman–Crippen MR) is 128 cm³/mol. The topological polar surface area (TPSA) is 82.8 Å². The van der Waals surface area contributed by atoms with Crippen LogP contribution < -0.4 is 15.1 Å². The van der Waals surface area contributed by atoms with E-state index in [1.807, 2.05) is 25.1 Å². The number of halogens is 2. The molecule has 3 aromatic rings. The van der Waals surface area contributed by atoms with Crippen LogP contribution in [0.15, 0.2) is 36.7 Å². The highest BCUT2D eigenvalue weighted by Gasteiger charge is 2.49. The minimum atomic E-state index is -0.453. The zero-order valence-corrected chi connectivity index (χ0v) is 19.8. The Balaban J connectivity index is 1.25. The molecule has 2 fully saturated rings. The van der Waals surface area contributed by atoms with Gasteiger partial charge in [0.2, 0.25) is 5.91 Å². The molecule has 2 aliphatic rings. The van der Waals surface area contributed by atoms with Gasteiger partial charge in [-0.15, -0.1) is 0 Å². The number of aromatic nitrogens is 3.